The molecule has 0 radical (unpaired) electrons. The number of halogens is 3. The molecule has 0 spiro atoms. The number of carbonyl (C=O) groups excluding carboxylic acids is 1. The lowest BCUT2D eigenvalue weighted by atomic mass is 9.73. The number of esters is 1. The van der Waals surface area contributed by atoms with Crippen molar-refractivity contribution in [1.82, 2.24) is 9.88 Å². The van der Waals surface area contributed by atoms with Gasteiger partial charge < -0.3 is 9.47 Å². The van der Waals surface area contributed by atoms with Crippen LogP contribution in [0.15, 0.2) is 43.1 Å². The molecule has 4 heterocycles. The van der Waals surface area contributed by atoms with Crippen LogP contribution in [0.5, 0.6) is 5.75 Å². The first-order valence-electron chi connectivity index (χ1n) is 9.89. The predicted molar refractivity (Wildman–Crippen MR) is 119 cm³/mol. The summed E-state index contributed by atoms with van der Waals surface area (Å²) in [5.41, 5.74) is 1.61. The normalized spacial score (nSPS) is 26.9. The Labute approximate surface area is 190 Å². The molecular weight excluding hydrogens is 447 g/mol. The van der Waals surface area contributed by atoms with E-state index in [1.165, 1.54) is 0 Å². The minimum atomic E-state index is -2.15. The van der Waals surface area contributed by atoms with E-state index in [9.17, 15) is 4.79 Å². The van der Waals surface area contributed by atoms with Crippen molar-refractivity contribution in [3.8, 4) is 5.75 Å². The van der Waals surface area contributed by atoms with Gasteiger partial charge >= 0.3 is 5.97 Å². The van der Waals surface area contributed by atoms with E-state index in [-0.39, 0.29) is 6.04 Å². The molecule has 0 N–H and O–H groups in total. The Morgan fingerprint density at radius 1 is 1.37 bits per heavy atom. The van der Waals surface area contributed by atoms with E-state index >= 15 is 0 Å². The highest BCUT2D eigenvalue weighted by atomic mass is 35.6. The zero-order valence-corrected chi connectivity index (χ0v) is 18.8. The summed E-state index contributed by atoms with van der Waals surface area (Å²) in [7, 11) is 1.61. The summed E-state index contributed by atoms with van der Waals surface area (Å²) in [5, 5.41) is 0.849. The zero-order valence-electron chi connectivity index (χ0n) is 16.6. The summed E-state index contributed by atoms with van der Waals surface area (Å²) in [6, 6.07) is 7.48. The zero-order chi connectivity index (χ0) is 21.5. The fourth-order valence-electron chi connectivity index (χ4n) is 4.75. The SMILES string of the molecule is C=C[C@H]1CN2CCC1C[C@H]2[C@H](OC(=O)C(Cl)(Cl)Cl)c1ccnc2ccc(OC)cc12. The third-order valence-corrected chi connectivity index (χ3v) is 6.72. The maximum Gasteiger partial charge on any atom is 0.359 e. The average molecular weight is 470 g/mol. The fourth-order valence-corrected chi connectivity index (χ4v) is 4.88. The quantitative estimate of drug-likeness (QED) is 0.347. The van der Waals surface area contributed by atoms with Gasteiger partial charge in [-0.2, -0.15) is 0 Å². The molecule has 30 heavy (non-hydrogen) atoms. The molecule has 2 unspecified atom stereocenters. The van der Waals surface area contributed by atoms with Crippen LogP contribution in [0, 0.1) is 11.8 Å². The molecule has 3 aliphatic heterocycles. The maximum absolute atomic E-state index is 12.6. The molecule has 3 aliphatic rings. The van der Waals surface area contributed by atoms with E-state index in [0.717, 1.165) is 42.4 Å². The van der Waals surface area contributed by atoms with Crippen molar-refractivity contribution >= 4 is 51.7 Å². The van der Waals surface area contributed by atoms with Crippen LogP contribution in [0.4, 0.5) is 0 Å². The highest BCUT2D eigenvalue weighted by Gasteiger charge is 2.46. The maximum atomic E-state index is 12.6. The summed E-state index contributed by atoms with van der Waals surface area (Å²) >= 11 is 17.5. The van der Waals surface area contributed by atoms with Crippen LogP contribution in [0.3, 0.4) is 0 Å². The van der Waals surface area contributed by atoms with Crippen LogP contribution >= 0.6 is 34.8 Å². The first kappa shape index (κ1) is 21.7. The molecule has 0 aliphatic carbocycles. The Kier molecular flexibility index (Phi) is 6.18. The molecule has 2 aromatic rings. The van der Waals surface area contributed by atoms with Gasteiger partial charge in [-0.25, -0.2) is 4.79 Å². The van der Waals surface area contributed by atoms with Crippen molar-refractivity contribution in [2.24, 2.45) is 11.8 Å². The number of methoxy groups -OCH3 is 1. The molecule has 1 aromatic heterocycles. The first-order valence-corrected chi connectivity index (χ1v) is 11.0. The monoisotopic (exact) mass is 468 g/mol. The van der Waals surface area contributed by atoms with Crippen LogP contribution in [-0.4, -0.2) is 45.9 Å². The second-order valence-corrected chi connectivity index (χ2v) is 10.1. The smallest absolute Gasteiger partial charge is 0.359 e. The molecule has 3 fully saturated rings. The van der Waals surface area contributed by atoms with E-state index < -0.39 is 15.9 Å². The fraction of sp³-hybridized carbons (Fsp3) is 0.455. The number of piperidine rings is 3. The Morgan fingerprint density at radius 2 is 2.17 bits per heavy atom. The van der Waals surface area contributed by atoms with E-state index in [4.69, 9.17) is 44.3 Å². The summed E-state index contributed by atoms with van der Waals surface area (Å²) in [4.78, 5) is 19.4. The number of aromatic nitrogens is 1. The topological polar surface area (TPSA) is 51.7 Å². The van der Waals surface area contributed by atoms with Crippen molar-refractivity contribution in [1.29, 1.82) is 0 Å². The van der Waals surface area contributed by atoms with Crippen molar-refractivity contribution < 1.29 is 14.3 Å². The van der Waals surface area contributed by atoms with Gasteiger partial charge in [-0.3, -0.25) is 9.88 Å². The Balaban J connectivity index is 1.78. The second-order valence-electron chi connectivity index (χ2n) is 7.85. The lowest BCUT2D eigenvalue weighted by molar-refractivity contribution is -0.156. The molecule has 0 amide bonds. The lowest BCUT2D eigenvalue weighted by Gasteiger charge is -2.51. The van der Waals surface area contributed by atoms with Gasteiger partial charge in [0.1, 0.15) is 11.9 Å². The molecule has 3 saturated heterocycles. The number of pyridine rings is 1. The van der Waals surface area contributed by atoms with Crippen LogP contribution < -0.4 is 4.74 Å². The average Bonchev–Trinajstić information content (AvgIpc) is 2.76. The van der Waals surface area contributed by atoms with Crippen molar-refractivity contribution in [3.05, 3.63) is 48.7 Å². The van der Waals surface area contributed by atoms with Crippen LogP contribution in [0.25, 0.3) is 10.9 Å². The van der Waals surface area contributed by atoms with Gasteiger partial charge in [0.05, 0.1) is 18.7 Å². The summed E-state index contributed by atoms with van der Waals surface area (Å²) in [6.07, 6.45) is 5.12. The number of benzene rings is 1. The summed E-state index contributed by atoms with van der Waals surface area (Å²) < 4.78 is 9.12. The van der Waals surface area contributed by atoms with E-state index in [0.29, 0.717) is 17.6 Å². The third-order valence-electron chi connectivity index (χ3n) is 6.26. The third kappa shape index (κ3) is 4.13. The van der Waals surface area contributed by atoms with Crippen LogP contribution in [0.1, 0.15) is 24.5 Å². The van der Waals surface area contributed by atoms with Crippen molar-refractivity contribution in [2.45, 2.75) is 28.8 Å². The van der Waals surface area contributed by atoms with Gasteiger partial charge in [-0.05, 0) is 55.5 Å². The standard InChI is InChI=1S/C22H23Cl3N2O3/c1-3-13-12-27-9-7-14(13)10-19(27)20(30-21(28)22(23,24)25)16-6-8-26-18-5-4-15(29-2)11-17(16)18/h3-6,8,11,13-14,19-20H,1,7,9-10,12H2,2H3/t13-,14?,19-,20+/m0/s1. The minimum Gasteiger partial charge on any atom is -0.497 e. The van der Waals surface area contributed by atoms with Crippen LogP contribution in [0.2, 0.25) is 0 Å². The van der Waals surface area contributed by atoms with E-state index in [1.54, 1.807) is 13.3 Å². The largest absolute Gasteiger partial charge is 0.497 e. The van der Waals surface area contributed by atoms with E-state index in [2.05, 4.69) is 16.5 Å². The minimum absolute atomic E-state index is 0.0203. The highest BCUT2D eigenvalue weighted by molar-refractivity contribution is 6.75. The predicted octanol–water partition coefficient (Wildman–Crippen LogP) is 5.09. The Morgan fingerprint density at radius 3 is 2.80 bits per heavy atom. The molecule has 8 heteroatoms. The first-order chi connectivity index (χ1) is 14.3. The van der Waals surface area contributed by atoms with Gasteiger partial charge in [-0.15, -0.1) is 6.58 Å². The molecule has 5 nitrogen and oxygen atoms in total. The molecule has 0 saturated carbocycles. The van der Waals surface area contributed by atoms with Crippen molar-refractivity contribution in [2.75, 3.05) is 20.2 Å². The Hall–Kier alpha value is -1.53. The molecule has 5 atom stereocenters. The van der Waals surface area contributed by atoms with Gasteiger partial charge in [0.15, 0.2) is 0 Å². The second kappa shape index (κ2) is 8.54. The number of carbonyl (C=O) groups is 1. The number of hydrogen-bond donors (Lipinski definition) is 0. The van der Waals surface area contributed by atoms with Crippen molar-refractivity contribution in [3.63, 3.8) is 0 Å². The molecule has 1 aromatic carbocycles. The highest BCUT2D eigenvalue weighted by Crippen LogP contribution is 2.44. The number of nitrogens with zero attached hydrogens (tertiary/aromatic N) is 2. The number of ether oxygens (including phenoxy) is 2. The summed E-state index contributed by atoms with van der Waals surface area (Å²) in [6.45, 7) is 5.81. The molecule has 2 bridgehead atoms. The molecule has 5 rings (SSSR count). The van der Waals surface area contributed by atoms with Gasteiger partial charge in [0.2, 0.25) is 0 Å². The van der Waals surface area contributed by atoms with Gasteiger partial charge in [0.25, 0.3) is 3.79 Å². The Bertz CT molecular complexity index is 962. The lowest BCUT2D eigenvalue weighted by Crippen LogP contribution is -2.55. The number of alkyl halides is 3. The van der Waals surface area contributed by atoms with Crippen LogP contribution in [-0.2, 0) is 9.53 Å². The van der Waals surface area contributed by atoms with Gasteiger partial charge in [-0.1, -0.05) is 40.9 Å². The summed E-state index contributed by atoms with van der Waals surface area (Å²) in [5.74, 6) is 0.747. The number of rotatable bonds is 5. The number of hydrogen-bond acceptors (Lipinski definition) is 5. The number of fused-ring (bicyclic) bond motifs is 4. The van der Waals surface area contributed by atoms with E-state index in [1.807, 2.05) is 30.3 Å². The molecular formula is C22H23Cl3N2O3. The molecule has 160 valence electrons. The van der Waals surface area contributed by atoms with Gasteiger partial charge in [0, 0.05) is 23.7 Å².